The first-order valence-electron chi connectivity index (χ1n) is 10.9. The Morgan fingerprint density at radius 3 is 2.69 bits per heavy atom. The number of fused-ring (bicyclic) bond motifs is 1. The van der Waals surface area contributed by atoms with Crippen molar-refractivity contribution in [1.29, 1.82) is 5.26 Å². The van der Waals surface area contributed by atoms with Gasteiger partial charge in [-0.2, -0.15) is 5.26 Å². The van der Waals surface area contributed by atoms with Gasteiger partial charge in [-0.15, -0.1) is 0 Å². The molecule has 1 aromatic carbocycles. The fourth-order valence-corrected chi connectivity index (χ4v) is 4.36. The number of aromatic nitrogens is 1. The largest absolute Gasteiger partial charge is 0.487 e. The zero-order chi connectivity index (χ0) is 23.3. The third kappa shape index (κ3) is 6.53. The van der Waals surface area contributed by atoms with E-state index in [-0.39, 0.29) is 36.5 Å². The van der Waals surface area contributed by atoms with E-state index in [0.717, 1.165) is 37.0 Å². The van der Waals surface area contributed by atoms with Gasteiger partial charge in [0, 0.05) is 13.0 Å². The van der Waals surface area contributed by atoms with E-state index in [0.29, 0.717) is 22.0 Å². The Morgan fingerprint density at radius 2 is 2.03 bits per heavy atom. The van der Waals surface area contributed by atoms with Crippen LogP contribution in [-0.2, 0) is 9.53 Å². The Bertz CT molecular complexity index is 980. The van der Waals surface area contributed by atoms with Gasteiger partial charge in [-0.25, -0.2) is 9.37 Å². The van der Waals surface area contributed by atoms with Gasteiger partial charge in [0.2, 0.25) is 5.91 Å². The van der Waals surface area contributed by atoms with Crippen LogP contribution in [0.5, 0.6) is 10.9 Å². The number of nitrogens with one attached hydrogen (secondary N) is 1. The predicted molar refractivity (Wildman–Crippen MR) is 120 cm³/mol. The van der Waals surface area contributed by atoms with Crippen molar-refractivity contribution in [3.63, 3.8) is 0 Å². The average molecular weight is 464 g/mol. The third-order valence-corrected chi connectivity index (χ3v) is 6.22. The summed E-state index contributed by atoms with van der Waals surface area (Å²) in [5.41, 5.74) is -0.134. The molecule has 0 spiro atoms. The lowest BCUT2D eigenvalue weighted by molar-refractivity contribution is -0.120. The van der Waals surface area contributed by atoms with Crippen molar-refractivity contribution < 1.29 is 23.4 Å². The monoisotopic (exact) mass is 463 g/mol. The van der Waals surface area contributed by atoms with Crippen molar-refractivity contribution in [2.45, 2.75) is 71.6 Å². The lowest BCUT2D eigenvalue weighted by Gasteiger charge is -2.30. The number of rotatable bonds is 9. The average Bonchev–Trinajstić information content (AvgIpc) is 3.17. The molecule has 0 radical (unpaired) electrons. The summed E-state index contributed by atoms with van der Waals surface area (Å²) in [5, 5.41) is 12.2. The van der Waals surface area contributed by atoms with Crippen LogP contribution < -0.4 is 14.8 Å². The molecule has 9 heteroatoms. The quantitative estimate of drug-likeness (QED) is 0.584. The maximum atomic E-state index is 15.0. The van der Waals surface area contributed by atoms with E-state index in [1.807, 2.05) is 6.92 Å². The van der Waals surface area contributed by atoms with Crippen LogP contribution in [0.15, 0.2) is 12.1 Å². The fourth-order valence-electron chi connectivity index (χ4n) is 3.51. The maximum absolute atomic E-state index is 15.0. The van der Waals surface area contributed by atoms with Crippen molar-refractivity contribution >= 4 is 27.5 Å². The lowest BCUT2D eigenvalue weighted by Crippen LogP contribution is -2.36. The molecule has 1 aliphatic carbocycles. The molecule has 1 aliphatic rings. The Morgan fingerprint density at radius 1 is 1.34 bits per heavy atom. The van der Waals surface area contributed by atoms with Gasteiger partial charge in [0.05, 0.1) is 40.5 Å². The standard InChI is InChI=1S/C23H30FN3O4S/c1-14(26-15(2)28)11-29-16-5-7-17(8-6-16)31-19-10-9-18-21(20(19)24)32-22(27-18)30-13-23(3,4)12-25/h9-10,14,16-17H,5-8,11,13H2,1-4H3,(H,26,28)/t14-,16-,17-/m0/s1. The summed E-state index contributed by atoms with van der Waals surface area (Å²) >= 11 is 1.12. The van der Waals surface area contributed by atoms with Gasteiger partial charge in [0.25, 0.3) is 5.19 Å². The van der Waals surface area contributed by atoms with Gasteiger partial charge in [-0.1, -0.05) is 11.3 Å². The highest BCUT2D eigenvalue weighted by atomic mass is 32.1. The molecule has 1 fully saturated rings. The Labute approximate surface area is 191 Å². The van der Waals surface area contributed by atoms with E-state index in [9.17, 15) is 4.79 Å². The first kappa shape index (κ1) is 24.2. The third-order valence-electron chi connectivity index (χ3n) is 5.25. The second-order valence-electron chi connectivity index (χ2n) is 8.94. The number of nitrogens with zero attached hydrogens (tertiary/aromatic N) is 2. The van der Waals surface area contributed by atoms with E-state index in [4.69, 9.17) is 19.5 Å². The van der Waals surface area contributed by atoms with Crippen molar-refractivity contribution in [3.8, 4) is 17.0 Å². The van der Waals surface area contributed by atoms with Crippen molar-refractivity contribution in [2.75, 3.05) is 13.2 Å². The number of amides is 1. The number of nitriles is 1. The Hall–Kier alpha value is -2.44. The molecule has 2 aromatic rings. The summed E-state index contributed by atoms with van der Waals surface area (Å²) in [5.74, 6) is -0.284. The van der Waals surface area contributed by atoms with Gasteiger partial charge in [-0.3, -0.25) is 4.79 Å². The number of halogens is 1. The van der Waals surface area contributed by atoms with Gasteiger partial charge in [-0.05, 0) is 58.6 Å². The topological polar surface area (TPSA) is 93.5 Å². The molecular formula is C23H30FN3O4S. The van der Waals surface area contributed by atoms with E-state index in [1.165, 1.54) is 6.92 Å². The van der Waals surface area contributed by atoms with E-state index in [2.05, 4.69) is 16.4 Å². The number of benzene rings is 1. The smallest absolute Gasteiger partial charge is 0.274 e. The highest BCUT2D eigenvalue weighted by Gasteiger charge is 2.25. The van der Waals surface area contributed by atoms with Crippen molar-refractivity contribution in [2.24, 2.45) is 5.41 Å². The minimum atomic E-state index is -0.644. The Balaban J connectivity index is 1.54. The molecular weight excluding hydrogens is 433 g/mol. The number of carbonyl (C=O) groups is 1. The molecule has 32 heavy (non-hydrogen) atoms. The van der Waals surface area contributed by atoms with Crippen LogP contribution in [0.3, 0.4) is 0 Å². The number of hydrogen-bond donors (Lipinski definition) is 1. The van der Waals surface area contributed by atoms with Crippen LogP contribution in [-0.4, -0.2) is 42.4 Å². The fraction of sp³-hybridized carbons (Fsp3) is 0.609. The van der Waals surface area contributed by atoms with Gasteiger partial charge >= 0.3 is 0 Å². The van der Waals surface area contributed by atoms with Crippen LogP contribution in [0.1, 0.15) is 53.4 Å². The molecule has 0 saturated heterocycles. The number of carbonyl (C=O) groups excluding carboxylic acids is 1. The predicted octanol–water partition coefficient (Wildman–Crippen LogP) is 4.60. The first-order chi connectivity index (χ1) is 15.2. The number of thiazole rings is 1. The van der Waals surface area contributed by atoms with E-state index < -0.39 is 11.2 Å². The highest BCUT2D eigenvalue weighted by molar-refractivity contribution is 7.20. The lowest BCUT2D eigenvalue weighted by atomic mass is 9.95. The van der Waals surface area contributed by atoms with E-state index >= 15 is 4.39 Å². The summed E-state index contributed by atoms with van der Waals surface area (Å²) in [7, 11) is 0. The molecule has 1 N–H and O–H groups in total. The zero-order valence-electron chi connectivity index (χ0n) is 18.9. The van der Waals surface area contributed by atoms with Gasteiger partial charge in [0.15, 0.2) is 11.6 Å². The number of ether oxygens (including phenoxy) is 3. The summed E-state index contributed by atoms with van der Waals surface area (Å²) in [6, 6.07) is 5.48. The second-order valence-corrected chi connectivity index (χ2v) is 9.90. The van der Waals surface area contributed by atoms with E-state index in [1.54, 1.807) is 26.0 Å². The van der Waals surface area contributed by atoms with Gasteiger partial charge in [0.1, 0.15) is 6.61 Å². The van der Waals surface area contributed by atoms with Crippen molar-refractivity contribution in [1.82, 2.24) is 10.3 Å². The van der Waals surface area contributed by atoms with Crippen LogP contribution in [0.25, 0.3) is 10.2 Å². The second kappa shape index (κ2) is 10.5. The van der Waals surface area contributed by atoms with Crippen molar-refractivity contribution in [3.05, 3.63) is 17.9 Å². The molecule has 0 unspecified atom stereocenters. The molecule has 0 aliphatic heterocycles. The molecule has 3 rings (SSSR count). The maximum Gasteiger partial charge on any atom is 0.274 e. The van der Waals surface area contributed by atoms with Crippen LogP contribution in [0.4, 0.5) is 4.39 Å². The highest BCUT2D eigenvalue weighted by Crippen LogP contribution is 2.36. The SMILES string of the molecule is CC(=O)N[C@@H](C)CO[C@H]1CC[C@H](Oc2ccc3nc(OCC(C)(C)C#N)sc3c2F)CC1. The van der Waals surface area contributed by atoms with Crippen LogP contribution in [0, 0.1) is 22.6 Å². The summed E-state index contributed by atoms with van der Waals surface area (Å²) in [6.07, 6.45) is 3.25. The normalized spacial score (nSPS) is 19.9. The Kier molecular flexibility index (Phi) is 7.91. The summed E-state index contributed by atoms with van der Waals surface area (Å²) < 4.78 is 32.9. The minimum absolute atomic E-state index is 0.0263. The molecule has 1 heterocycles. The number of hydrogen-bond acceptors (Lipinski definition) is 7. The molecule has 1 atom stereocenters. The first-order valence-corrected chi connectivity index (χ1v) is 11.7. The molecule has 0 bridgehead atoms. The van der Waals surface area contributed by atoms with Gasteiger partial charge < -0.3 is 19.5 Å². The summed E-state index contributed by atoms with van der Waals surface area (Å²) in [4.78, 5) is 15.4. The molecule has 7 nitrogen and oxygen atoms in total. The molecule has 1 amide bonds. The summed E-state index contributed by atoms with van der Waals surface area (Å²) in [6.45, 7) is 7.61. The van der Waals surface area contributed by atoms with Crippen LogP contribution in [0.2, 0.25) is 0 Å². The minimum Gasteiger partial charge on any atom is -0.487 e. The zero-order valence-corrected chi connectivity index (χ0v) is 19.8. The van der Waals surface area contributed by atoms with Crippen LogP contribution >= 0.6 is 11.3 Å². The molecule has 1 aromatic heterocycles. The molecule has 174 valence electrons. The molecule has 1 saturated carbocycles.